The molecular formula is C14H12ClN3. The minimum absolute atomic E-state index is 0.150. The first kappa shape index (κ1) is 12.4. The van der Waals surface area contributed by atoms with Crippen molar-refractivity contribution in [2.45, 2.75) is 13.0 Å². The van der Waals surface area contributed by atoms with Crippen LogP contribution in [0.1, 0.15) is 24.1 Å². The van der Waals surface area contributed by atoms with E-state index in [9.17, 15) is 0 Å². The number of nitrogens with one attached hydrogen (secondary N) is 1. The van der Waals surface area contributed by atoms with Crippen LogP contribution in [0, 0.1) is 11.3 Å². The monoisotopic (exact) mass is 257 g/mol. The van der Waals surface area contributed by atoms with Gasteiger partial charge in [0.05, 0.1) is 10.6 Å². The van der Waals surface area contributed by atoms with Gasteiger partial charge in [0.15, 0.2) is 0 Å². The summed E-state index contributed by atoms with van der Waals surface area (Å²) in [4.78, 5) is 3.99. The van der Waals surface area contributed by atoms with E-state index in [1.165, 1.54) is 0 Å². The van der Waals surface area contributed by atoms with Crippen LogP contribution < -0.4 is 5.32 Å². The molecule has 0 radical (unpaired) electrons. The summed E-state index contributed by atoms with van der Waals surface area (Å²) in [5, 5.41) is 12.6. The van der Waals surface area contributed by atoms with Crippen LogP contribution in [0.25, 0.3) is 0 Å². The normalized spacial score (nSPS) is 11.6. The molecule has 0 spiro atoms. The van der Waals surface area contributed by atoms with E-state index in [2.05, 4.69) is 17.2 Å². The second kappa shape index (κ2) is 5.52. The highest BCUT2D eigenvalue weighted by Crippen LogP contribution is 2.23. The van der Waals surface area contributed by atoms with Gasteiger partial charge in [-0.25, -0.2) is 0 Å². The number of hydrogen-bond acceptors (Lipinski definition) is 3. The summed E-state index contributed by atoms with van der Waals surface area (Å²) in [5.74, 6) is 0. The van der Waals surface area contributed by atoms with Gasteiger partial charge < -0.3 is 5.32 Å². The molecule has 0 aliphatic rings. The lowest BCUT2D eigenvalue weighted by atomic mass is 10.1. The van der Waals surface area contributed by atoms with Gasteiger partial charge in [-0.15, -0.1) is 0 Å². The SMILES string of the molecule is CC(Nc1ccc(C#N)c(Cl)c1)c1ccncc1. The lowest BCUT2D eigenvalue weighted by Gasteiger charge is -2.15. The van der Waals surface area contributed by atoms with Crippen LogP contribution in [0.2, 0.25) is 5.02 Å². The lowest BCUT2D eigenvalue weighted by Crippen LogP contribution is -2.06. The van der Waals surface area contributed by atoms with Gasteiger partial charge >= 0.3 is 0 Å². The van der Waals surface area contributed by atoms with Crippen molar-refractivity contribution in [3.8, 4) is 6.07 Å². The van der Waals surface area contributed by atoms with Gasteiger partial charge in [-0.1, -0.05) is 11.6 Å². The Morgan fingerprint density at radius 1 is 1.28 bits per heavy atom. The number of nitriles is 1. The number of pyridine rings is 1. The average molecular weight is 258 g/mol. The summed E-state index contributed by atoms with van der Waals surface area (Å²) in [6, 6.07) is 11.4. The fraction of sp³-hybridized carbons (Fsp3) is 0.143. The number of rotatable bonds is 3. The third-order valence-electron chi connectivity index (χ3n) is 2.68. The molecule has 0 saturated heterocycles. The van der Waals surface area contributed by atoms with E-state index in [0.29, 0.717) is 10.6 Å². The third-order valence-corrected chi connectivity index (χ3v) is 2.99. The maximum Gasteiger partial charge on any atom is 0.101 e. The van der Waals surface area contributed by atoms with Crippen molar-refractivity contribution < 1.29 is 0 Å². The Bertz CT molecular complexity index is 575. The van der Waals surface area contributed by atoms with Crippen molar-refractivity contribution in [2.75, 3.05) is 5.32 Å². The standard InChI is InChI=1S/C14H12ClN3/c1-10(11-4-6-17-7-5-11)18-13-3-2-12(9-16)14(15)8-13/h2-8,10,18H,1H3. The summed E-state index contributed by atoms with van der Waals surface area (Å²) in [7, 11) is 0. The van der Waals surface area contributed by atoms with E-state index < -0.39 is 0 Å². The molecule has 1 N–H and O–H groups in total. The molecule has 4 heteroatoms. The fourth-order valence-corrected chi connectivity index (χ4v) is 1.90. The smallest absolute Gasteiger partial charge is 0.101 e. The van der Waals surface area contributed by atoms with E-state index in [1.807, 2.05) is 24.3 Å². The molecule has 0 aliphatic heterocycles. The number of hydrogen-bond donors (Lipinski definition) is 1. The lowest BCUT2D eigenvalue weighted by molar-refractivity contribution is 0.881. The first-order chi connectivity index (χ1) is 8.70. The van der Waals surface area contributed by atoms with Crippen LogP contribution in [0.5, 0.6) is 0 Å². The number of nitrogens with zero attached hydrogens (tertiary/aromatic N) is 2. The van der Waals surface area contributed by atoms with E-state index >= 15 is 0 Å². The minimum atomic E-state index is 0.150. The second-order valence-electron chi connectivity index (χ2n) is 3.95. The summed E-state index contributed by atoms with van der Waals surface area (Å²) < 4.78 is 0. The molecule has 0 fully saturated rings. The minimum Gasteiger partial charge on any atom is -0.378 e. The molecule has 3 nitrogen and oxygen atoms in total. The molecule has 0 saturated carbocycles. The summed E-state index contributed by atoms with van der Waals surface area (Å²) >= 11 is 5.99. The van der Waals surface area contributed by atoms with Gasteiger partial charge in [-0.3, -0.25) is 4.98 Å². The van der Waals surface area contributed by atoms with E-state index in [-0.39, 0.29) is 6.04 Å². The van der Waals surface area contributed by atoms with E-state index in [1.54, 1.807) is 24.5 Å². The fourth-order valence-electron chi connectivity index (χ4n) is 1.68. The molecule has 2 rings (SSSR count). The Hall–Kier alpha value is -2.05. The van der Waals surface area contributed by atoms with Crippen LogP contribution >= 0.6 is 11.6 Å². The number of benzene rings is 1. The Morgan fingerprint density at radius 3 is 2.61 bits per heavy atom. The topological polar surface area (TPSA) is 48.7 Å². The first-order valence-corrected chi connectivity index (χ1v) is 5.94. The molecule has 1 aromatic carbocycles. The molecule has 0 aliphatic carbocycles. The van der Waals surface area contributed by atoms with Crippen molar-refractivity contribution >= 4 is 17.3 Å². The van der Waals surface area contributed by atoms with Crippen molar-refractivity contribution in [1.29, 1.82) is 5.26 Å². The highest BCUT2D eigenvalue weighted by Gasteiger charge is 2.06. The quantitative estimate of drug-likeness (QED) is 0.910. The zero-order valence-corrected chi connectivity index (χ0v) is 10.6. The second-order valence-corrected chi connectivity index (χ2v) is 4.36. The molecule has 1 aromatic heterocycles. The van der Waals surface area contributed by atoms with E-state index in [0.717, 1.165) is 11.3 Å². The van der Waals surface area contributed by atoms with Crippen molar-refractivity contribution in [3.63, 3.8) is 0 Å². The van der Waals surface area contributed by atoms with Crippen molar-refractivity contribution in [1.82, 2.24) is 4.98 Å². The largest absolute Gasteiger partial charge is 0.378 e. The molecule has 0 amide bonds. The molecule has 90 valence electrons. The Labute approximate surface area is 111 Å². The van der Waals surface area contributed by atoms with Crippen LogP contribution in [0.15, 0.2) is 42.7 Å². The van der Waals surface area contributed by atoms with Crippen LogP contribution in [-0.2, 0) is 0 Å². The van der Waals surface area contributed by atoms with Gasteiger partial charge in [0.25, 0.3) is 0 Å². The molecule has 1 unspecified atom stereocenters. The Kier molecular flexibility index (Phi) is 3.81. The first-order valence-electron chi connectivity index (χ1n) is 5.57. The van der Waals surface area contributed by atoms with Crippen molar-refractivity contribution in [2.24, 2.45) is 0 Å². The van der Waals surface area contributed by atoms with Gasteiger partial charge in [0, 0.05) is 24.1 Å². The third kappa shape index (κ3) is 2.79. The molecular weight excluding hydrogens is 246 g/mol. The highest BCUT2D eigenvalue weighted by molar-refractivity contribution is 6.32. The van der Waals surface area contributed by atoms with E-state index in [4.69, 9.17) is 16.9 Å². The van der Waals surface area contributed by atoms with Crippen molar-refractivity contribution in [3.05, 3.63) is 58.9 Å². The predicted molar refractivity (Wildman–Crippen MR) is 72.4 cm³/mol. The summed E-state index contributed by atoms with van der Waals surface area (Å²) in [5.41, 5.74) is 2.52. The van der Waals surface area contributed by atoms with Gasteiger partial charge in [0.2, 0.25) is 0 Å². The summed E-state index contributed by atoms with van der Waals surface area (Å²) in [6.45, 7) is 2.06. The summed E-state index contributed by atoms with van der Waals surface area (Å²) in [6.07, 6.45) is 3.53. The van der Waals surface area contributed by atoms with Crippen LogP contribution in [-0.4, -0.2) is 4.98 Å². The number of aromatic nitrogens is 1. The zero-order valence-electron chi connectivity index (χ0n) is 9.89. The number of anilines is 1. The average Bonchev–Trinajstić information content (AvgIpc) is 2.40. The Balaban J connectivity index is 2.15. The zero-order chi connectivity index (χ0) is 13.0. The molecule has 0 bridgehead atoms. The van der Waals surface area contributed by atoms with Gasteiger partial charge in [0.1, 0.15) is 6.07 Å². The molecule has 1 heterocycles. The van der Waals surface area contributed by atoms with Gasteiger partial charge in [-0.2, -0.15) is 5.26 Å². The highest BCUT2D eigenvalue weighted by atomic mass is 35.5. The molecule has 2 aromatic rings. The number of halogens is 1. The predicted octanol–water partition coefficient (Wildman–Crippen LogP) is 3.78. The molecule has 18 heavy (non-hydrogen) atoms. The Morgan fingerprint density at radius 2 is 2.00 bits per heavy atom. The van der Waals surface area contributed by atoms with Crippen LogP contribution in [0.3, 0.4) is 0 Å². The molecule has 1 atom stereocenters. The van der Waals surface area contributed by atoms with Gasteiger partial charge in [-0.05, 0) is 42.8 Å². The maximum absolute atomic E-state index is 8.81. The van der Waals surface area contributed by atoms with Crippen LogP contribution in [0.4, 0.5) is 5.69 Å². The maximum atomic E-state index is 8.81.